The first-order chi connectivity index (χ1) is 7.74. The molecule has 0 fully saturated rings. The Morgan fingerprint density at radius 2 is 2.06 bits per heavy atom. The minimum atomic E-state index is 0.216. The van der Waals surface area contributed by atoms with Crippen molar-refractivity contribution in [3.05, 3.63) is 24.3 Å². The molecule has 0 saturated carbocycles. The van der Waals surface area contributed by atoms with Gasteiger partial charge in [0, 0.05) is 11.4 Å². The second-order valence-corrected chi connectivity index (χ2v) is 4.93. The number of amidine groups is 1. The Hall–Kier alpha value is -1.16. The van der Waals surface area contributed by atoms with Crippen LogP contribution in [0.2, 0.25) is 0 Å². The summed E-state index contributed by atoms with van der Waals surface area (Å²) in [5, 5.41) is 4.29. The van der Waals surface area contributed by atoms with Gasteiger partial charge in [-0.1, -0.05) is 11.8 Å². The molecule has 0 unspecified atom stereocenters. The third-order valence-electron chi connectivity index (χ3n) is 2.06. The van der Waals surface area contributed by atoms with Gasteiger partial charge in [-0.2, -0.15) is 0 Å². The molecule has 4 heteroatoms. The lowest BCUT2D eigenvalue weighted by molar-refractivity contribution is 0.242. The van der Waals surface area contributed by atoms with E-state index in [0.717, 1.165) is 28.9 Å². The van der Waals surface area contributed by atoms with Crippen molar-refractivity contribution in [3.63, 3.8) is 0 Å². The quantitative estimate of drug-likeness (QED) is 0.876. The molecular formula is C12H16N2OS. The highest BCUT2D eigenvalue weighted by Crippen LogP contribution is 2.19. The molecule has 0 atom stereocenters. The number of aliphatic imine (C=N–C) groups is 1. The number of hydrogen-bond acceptors (Lipinski definition) is 4. The molecule has 1 aromatic rings. The van der Waals surface area contributed by atoms with Crippen LogP contribution >= 0.6 is 11.8 Å². The summed E-state index contributed by atoms with van der Waals surface area (Å²) in [6, 6.07) is 7.98. The Bertz CT molecular complexity index is 373. The van der Waals surface area contributed by atoms with E-state index < -0.39 is 0 Å². The average Bonchev–Trinajstić information content (AvgIpc) is 2.73. The van der Waals surface area contributed by atoms with Gasteiger partial charge in [-0.15, -0.1) is 0 Å². The lowest BCUT2D eigenvalue weighted by Crippen LogP contribution is -2.06. The fourth-order valence-corrected chi connectivity index (χ4v) is 2.17. The van der Waals surface area contributed by atoms with Crippen molar-refractivity contribution in [3.8, 4) is 5.75 Å². The summed E-state index contributed by atoms with van der Waals surface area (Å²) >= 11 is 1.76. The first-order valence-corrected chi connectivity index (χ1v) is 6.43. The highest BCUT2D eigenvalue weighted by Gasteiger charge is 2.06. The molecule has 0 saturated heterocycles. The van der Waals surface area contributed by atoms with Crippen LogP contribution in [0.25, 0.3) is 0 Å². The highest BCUT2D eigenvalue weighted by atomic mass is 32.2. The number of benzene rings is 1. The van der Waals surface area contributed by atoms with E-state index in [0.29, 0.717) is 0 Å². The molecule has 1 aliphatic heterocycles. The van der Waals surface area contributed by atoms with Gasteiger partial charge < -0.3 is 10.1 Å². The summed E-state index contributed by atoms with van der Waals surface area (Å²) in [5.41, 5.74) is 1.06. The van der Waals surface area contributed by atoms with E-state index in [1.165, 1.54) is 0 Å². The predicted molar refractivity (Wildman–Crippen MR) is 70.6 cm³/mol. The van der Waals surface area contributed by atoms with Crippen LogP contribution in [0.3, 0.4) is 0 Å². The van der Waals surface area contributed by atoms with Gasteiger partial charge in [0.15, 0.2) is 5.17 Å². The maximum Gasteiger partial charge on any atom is 0.161 e. The van der Waals surface area contributed by atoms with Gasteiger partial charge in [0.25, 0.3) is 0 Å². The van der Waals surface area contributed by atoms with Crippen LogP contribution in [-0.2, 0) is 0 Å². The van der Waals surface area contributed by atoms with Crippen LogP contribution in [0.5, 0.6) is 5.75 Å². The molecule has 1 aliphatic rings. The number of hydrogen-bond donors (Lipinski definition) is 1. The predicted octanol–water partition coefficient (Wildman–Crippen LogP) is 2.99. The number of anilines is 1. The summed E-state index contributed by atoms with van der Waals surface area (Å²) in [5.74, 6) is 1.98. The van der Waals surface area contributed by atoms with Gasteiger partial charge in [0.2, 0.25) is 0 Å². The molecule has 0 spiro atoms. The lowest BCUT2D eigenvalue weighted by atomic mass is 10.3. The molecule has 0 aromatic heterocycles. The molecule has 1 aromatic carbocycles. The number of nitrogens with zero attached hydrogens (tertiary/aromatic N) is 1. The van der Waals surface area contributed by atoms with E-state index in [9.17, 15) is 0 Å². The van der Waals surface area contributed by atoms with Gasteiger partial charge in [0.1, 0.15) is 5.75 Å². The summed E-state index contributed by atoms with van der Waals surface area (Å²) in [6.07, 6.45) is 0.216. The zero-order valence-corrected chi connectivity index (χ0v) is 10.4. The van der Waals surface area contributed by atoms with Gasteiger partial charge in [0.05, 0.1) is 12.6 Å². The largest absolute Gasteiger partial charge is 0.491 e. The monoisotopic (exact) mass is 236 g/mol. The molecule has 16 heavy (non-hydrogen) atoms. The molecule has 0 radical (unpaired) electrons. The topological polar surface area (TPSA) is 33.6 Å². The van der Waals surface area contributed by atoms with Crippen molar-refractivity contribution >= 4 is 22.6 Å². The molecule has 0 amide bonds. The van der Waals surface area contributed by atoms with Crippen LogP contribution in [0.15, 0.2) is 29.3 Å². The molecular weight excluding hydrogens is 220 g/mol. The third-order valence-corrected chi connectivity index (χ3v) is 2.95. The van der Waals surface area contributed by atoms with Crippen molar-refractivity contribution in [1.82, 2.24) is 0 Å². The molecule has 3 nitrogen and oxygen atoms in total. The van der Waals surface area contributed by atoms with Crippen LogP contribution in [0.4, 0.5) is 5.69 Å². The van der Waals surface area contributed by atoms with Crippen LogP contribution in [0.1, 0.15) is 13.8 Å². The summed E-state index contributed by atoms with van der Waals surface area (Å²) in [7, 11) is 0. The maximum atomic E-state index is 5.58. The Kier molecular flexibility index (Phi) is 3.72. The summed E-state index contributed by atoms with van der Waals surface area (Å²) in [6.45, 7) is 4.97. The van der Waals surface area contributed by atoms with Crippen LogP contribution in [0, 0.1) is 0 Å². The van der Waals surface area contributed by atoms with Crippen LogP contribution in [-0.4, -0.2) is 23.6 Å². The first kappa shape index (κ1) is 11.3. The number of thioether (sulfide) groups is 1. The molecule has 0 aliphatic carbocycles. The third kappa shape index (κ3) is 3.17. The van der Waals surface area contributed by atoms with E-state index in [-0.39, 0.29) is 6.10 Å². The summed E-state index contributed by atoms with van der Waals surface area (Å²) < 4.78 is 5.58. The van der Waals surface area contributed by atoms with Crippen molar-refractivity contribution in [2.45, 2.75) is 20.0 Å². The van der Waals surface area contributed by atoms with Crippen LogP contribution < -0.4 is 10.1 Å². The van der Waals surface area contributed by atoms with Gasteiger partial charge >= 0.3 is 0 Å². The van der Waals surface area contributed by atoms with E-state index in [1.807, 2.05) is 38.1 Å². The Morgan fingerprint density at radius 1 is 1.31 bits per heavy atom. The van der Waals surface area contributed by atoms with Crippen molar-refractivity contribution < 1.29 is 4.74 Å². The second-order valence-electron chi connectivity index (χ2n) is 3.85. The standard InChI is InChI=1S/C12H16N2OS/c1-9(2)15-11-5-3-10(4-6-11)14-12-13-7-8-16-12/h3-6,9H,7-8H2,1-2H3,(H,13,14). The zero-order chi connectivity index (χ0) is 11.4. The van der Waals surface area contributed by atoms with E-state index in [1.54, 1.807) is 11.8 Å². The number of ether oxygens (including phenoxy) is 1. The first-order valence-electron chi connectivity index (χ1n) is 5.45. The van der Waals surface area contributed by atoms with Crippen molar-refractivity contribution in [1.29, 1.82) is 0 Å². The zero-order valence-electron chi connectivity index (χ0n) is 9.56. The van der Waals surface area contributed by atoms with Gasteiger partial charge in [-0.05, 0) is 38.1 Å². The normalized spacial score (nSPS) is 15.1. The SMILES string of the molecule is CC(C)Oc1ccc(NC2=NCCS2)cc1. The molecule has 2 rings (SSSR count). The number of nitrogens with one attached hydrogen (secondary N) is 1. The average molecular weight is 236 g/mol. The highest BCUT2D eigenvalue weighted by molar-refractivity contribution is 8.14. The fraction of sp³-hybridized carbons (Fsp3) is 0.417. The second kappa shape index (κ2) is 5.25. The molecule has 1 N–H and O–H groups in total. The molecule has 0 bridgehead atoms. The van der Waals surface area contributed by atoms with E-state index >= 15 is 0 Å². The maximum absolute atomic E-state index is 5.58. The smallest absolute Gasteiger partial charge is 0.161 e. The van der Waals surface area contributed by atoms with Gasteiger partial charge in [-0.3, -0.25) is 4.99 Å². The lowest BCUT2D eigenvalue weighted by Gasteiger charge is -2.10. The molecule has 86 valence electrons. The van der Waals surface area contributed by atoms with E-state index in [4.69, 9.17) is 4.74 Å². The Morgan fingerprint density at radius 3 is 2.62 bits per heavy atom. The minimum absolute atomic E-state index is 0.216. The minimum Gasteiger partial charge on any atom is -0.491 e. The summed E-state index contributed by atoms with van der Waals surface area (Å²) in [4.78, 5) is 4.34. The van der Waals surface area contributed by atoms with Crippen molar-refractivity contribution in [2.75, 3.05) is 17.6 Å². The molecule has 1 heterocycles. The van der Waals surface area contributed by atoms with Crippen molar-refractivity contribution in [2.24, 2.45) is 4.99 Å². The van der Waals surface area contributed by atoms with Gasteiger partial charge in [-0.25, -0.2) is 0 Å². The Labute approximate surface area is 100 Å². The number of rotatable bonds is 3. The van der Waals surface area contributed by atoms with E-state index in [2.05, 4.69) is 10.3 Å². The fourth-order valence-electron chi connectivity index (χ4n) is 1.42. The Balaban J connectivity index is 1.96.